The molecule has 0 aliphatic carbocycles. The highest BCUT2D eigenvalue weighted by molar-refractivity contribution is 7.89. The van der Waals surface area contributed by atoms with Gasteiger partial charge in [-0.3, -0.25) is 4.98 Å². The molecule has 1 heterocycles. The Balaban J connectivity index is 2.10. The van der Waals surface area contributed by atoms with Gasteiger partial charge in [-0.25, -0.2) is 17.9 Å². The van der Waals surface area contributed by atoms with Crippen LogP contribution >= 0.6 is 0 Å². The molecule has 0 atom stereocenters. The van der Waals surface area contributed by atoms with E-state index in [4.69, 9.17) is 5.11 Å². The second-order valence-electron chi connectivity index (χ2n) is 4.75. The highest BCUT2D eigenvalue weighted by atomic mass is 32.2. The SMILES string of the molecule is Cc1ccc(S(=O)(=O)NCCc2ccccn2)cc1C(=O)O. The first-order valence-electron chi connectivity index (χ1n) is 6.63. The Hall–Kier alpha value is -2.25. The predicted molar refractivity (Wildman–Crippen MR) is 81.3 cm³/mol. The number of carboxylic acids is 1. The van der Waals surface area contributed by atoms with E-state index in [0.717, 1.165) is 5.69 Å². The summed E-state index contributed by atoms with van der Waals surface area (Å²) in [6.45, 7) is 1.81. The van der Waals surface area contributed by atoms with Crippen molar-refractivity contribution in [3.05, 3.63) is 59.4 Å². The maximum absolute atomic E-state index is 12.2. The van der Waals surface area contributed by atoms with Crippen molar-refractivity contribution in [2.75, 3.05) is 6.54 Å². The maximum atomic E-state index is 12.2. The third kappa shape index (κ3) is 3.90. The molecule has 0 aliphatic rings. The van der Waals surface area contributed by atoms with E-state index in [1.54, 1.807) is 19.2 Å². The van der Waals surface area contributed by atoms with Crippen molar-refractivity contribution in [1.82, 2.24) is 9.71 Å². The number of carboxylic acid groups (broad SMARTS) is 1. The van der Waals surface area contributed by atoms with Crippen LogP contribution in [0.1, 0.15) is 21.6 Å². The number of hydrogen-bond acceptors (Lipinski definition) is 4. The topological polar surface area (TPSA) is 96.4 Å². The van der Waals surface area contributed by atoms with Gasteiger partial charge in [0.25, 0.3) is 0 Å². The number of benzene rings is 1. The average molecular weight is 320 g/mol. The number of carbonyl (C=O) groups is 1. The van der Waals surface area contributed by atoms with E-state index < -0.39 is 16.0 Å². The van der Waals surface area contributed by atoms with Gasteiger partial charge in [0.1, 0.15) is 0 Å². The normalized spacial score (nSPS) is 11.3. The first-order chi connectivity index (χ1) is 10.4. The van der Waals surface area contributed by atoms with Crippen molar-refractivity contribution in [2.24, 2.45) is 0 Å². The van der Waals surface area contributed by atoms with Gasteiger partial charge in [0, 0.05) is 24.9 Å². The third-order valence-electron chi connectivity index (χ3n) is 3.15. The zero-order chi connectivity index (χ0) is 16.2. The molecule has 0 saturated heterocycles. The average Bonchev–Trinajstić information content (AvgIpc) is 2.48. The molecule has 0 spiro atoms. The number of rotatable bonds is 6. The molecule has 0 saturated carbocycles. The number of aromatic carboxylic acids is 1. The highest BCUT2D eigenvalue weighted by Crippen LogP contribution is 2.15. The maximum Gasteiger partial charge on any atom is 0.335 e. The van der Waals surface area contributed by atoms with Gasteiger partial charge in [-0.15, -0.1) is 0 Å². The molecule has 0 aliphatic heterocycles. The van der Waals surface area contributed by atoms with Crippen LogP contribution in [0.3, 0.4) is 0 Å². The molecule has 2 N–H and O–H groups in total. The van der Waals surface area contributed by atoms with Crippen LogP contribution in [0.5, 0.6) is 0 Å². The summed E-state index contributed by atoms with van der Waals surface area (Å²) < 4.78 is 26.8. The van der Waals surface area contributed by atoms with Gasteiger partial charge < -0.3 is 5.11 Å². The summed E-state index contributed by atoms with van der Waals surface area (Å²) in [6.07, 6.45) is 2.10. The fourth-order valence-corrected chi connectivity index (χ4v) is 3.00. The Labute approximate surface area is 128 Å². The molecule has 2 rings (SSSR count). The standard InChI is InChI=1S/C15H16N2O4S/c1-11-5-6-13(10-14(11)15(18)19)22(20,21)17-9-7-12-4-2-3-8-16-12/h2-6,8,10,17H,7,9H2,1H3,(H,18,19). The van der Waals surface area contributed by atoms with Crippen LogP contribution in [-0.4, -0.2) is 31.0 Å². The lowest BCUT2D eigenvalue weighted by molar-refractivity contribution is 0.0696. The summed E-state index contributed by atoms with van der Waals surface area (Å²) in [5.41, 5.74) is 1.27. The van der Waals surface area contributed by atoms with Crippen molar-refractivity contribution >= 4 is 16.0 Å². The zero-order valence-corrected chi connectivity index (χ0v) is 12.8. The summed E-state index contributed by atoms with van der Waals surface area (Å²) in [5.74, 6) is -1.15. The monoisotopic (exact) mass is 320 g/mol. The first-order valence-corrected chi connectivity index (χ1v) is 8.12. The second-order valence-corrected chi connectivity index (χ2v) is 6.52. The molecule has 116 valence electrons. The lowest BCUT2D eigenvalue weighted by Gasteiger charge is -2.08. The number of nitrogens with zero attached hydrogens (tertiary/aromatic N) is 1. The number of nitrogens with one attached hydrogen (secondary N) is 1. The van der Waals surface area contributed by atoms with Crippen LogP contribution in [0, 0.1) is 6.92 Å². The van der Waals surface area contributed by atoms with E-state index in [9.17, 15) is 13.2 Å². The number of aryl methyl sites for hydroxylation is 1. The van der Waals surface area contributed by atoms with E-state index >= 15 is 0 Å². The van der Waals surface area contributed by atoms with Crippen molar-refractivity contribution in [3.63, 3.8) is 0 Å². The van der Waals surface area contributed by atoms with E-state index in [2.05, 4.69) is 9.71 Å². The van der Waals surface area contributed by atoms with Gasteiger partial charge >= 0.3 is 5.97 Å². The molecule has 6 nitrogen and oxygen atoms in total. The molecule has 7 heteroatoms. The lowest BCUT2D eigenvalue weighted by Crippen LogP contribution is -2.26. The second kappa shape index (κ2) is 6.67. The van der Waals surface area contributed by atoms with Crippen molar-refractivity contribution in [2.45, 2.75) is 18.2 Å². The number of pyridine rings is 1. The zero-order valence-electron chi connectivity index (χ0n) is 12.0. The summed E-state index contributed by atoms with van der Waals surface area (Å²) in [7, 11) is -3.74. The van der Waals surface area contributed by atoms with Gasteiger partial charge in [0.05, 0.1) is 10.5 Å². The van der Waals surface area contributed by atoms with E-state index in [1.165, 1.54) is 18.2 Å². The third-order valence-corrected chi connectivity index (χ3v) is 4.61. The molecule has 0 unspecified atom stereocenters. The molecule has 2 aromatic rings. The summed E-state index contributed by atoms with van der Waals surface area (Å²) in [6, 6.07) is 9.47. The minimum atomic E-state index is -3.74. The summed E-state index contributed by atoms with van der Waals surface area (Å²) in [4.78, 5) is 15.1. The van der Waals surface area contributed by atoms with Crippen LogP contribution in [0.15, 0.2) is 47.5 Å². The van der Waals surface area contributed by atoms with Crippen molar-refractivity contribution < 1.29 is 18.3 Å². The Morgan fingerprint density at radius 1 is 1.27 bits per heavy atom. The quantitative estimate of drug-likeness (QED) is 0.843. The molecule has 0 radical (unpaired) electrons. The molecule has 0 amide bonds. The van der Waals surface area contributed by atoms with Gasteiger partial charge in [-0.05, 0) is 36.8 Å². The van der Waals surface area contributed by atoms with Gasteiger partial charge in [-0.1, -0.05) is 12.1 Å². The minimum Gasteiger partial charge on any atom is -0.478 e. The Bertz CT molecular complexity index is 773. The molecular weight excluding hydrogens is 304 g/mol. The van der Waals surface area contributed by atoms with Crippen LogP contribution < -0.4 is 4.72 Å². The number of aromatic nitrogens is 1. The number of hydrogen-bond donors (Lipinski definition) is 2. The van der Waals surface area contributed by atoms with Gasteiger partial charge in [0.2, 0.25) is 10.0 Å². The minimum absolute atomic E-state index is 0.0207. The summed E-state index contributed by atoms with van der Waals surface area (Å²) in [5, 5.41) is 9.06. The lowest BCUT2D eigenvalue weighted by atomic mass is 10.1. The fraction of sp³-hybridized carbons (Fsp3) is 0.200. The molecular formula is C15H16N2O4S. The highest BCUT2D eigenvalue weighted by Gasteiger charge is 2.17. The molecule has 0 bridgehead atoms. The van der Waals surface area contributed by atoms with Crippen molar-refractivity contribution in [3.8, 4) is 0 Å². The van der Waals surface area contributed by atoms with Crippen molar-refractivity contribution in [1.29, 1.82) is 0 Å². The molecule has 0 fully saturated rings. The van der Waals surface area contributed by atoms with Crippen LogP contribution in [0.2, 0.25) is 0 Å². The predicted octanol–water partition coefficient (Wildman–Crippen LogP) is 1.61. The molecule has 1 aromatic carbocycles. The smallest absolute Gasteiger partial charge is 0.335 e. The Morgan fingerprint density at radius 3 is 2.68 bits per heavy atom. The van der Waals surface area contributed by atoms with Gasteiger partial charge in [-0.2, -0.15) is 0 Å². The first kappa shape index (κ1) is 16.1. The number of sulfonamides is 1. The largest absolute Gasteiger partial charge is 0.478 e. The van der Waals surface area contributed by atoms with Crippen LogP contribution in [0.4, 0.5) is 0 Å². The Morgan fingerprint density at radius 2 is 2.05 bits per heavy atom. The molecule has 22 heavy (non-hydrogen) atoms. The molecule has 1 aromatic heterocycles. The van der Waals surface area contributed by atoms with Crippen LogP contribution in [0.25, 0.3) is 0 Å². The van der Waals surface area contributed by atoms with E-state index in [1.807, 2.05) is 12.1 Å². The summed E-state index contributed by atoms with van der Waals surface area (Å²) >= 11 is 0. The Kier molecular flexibility index (Phi) is 4.89. The fourth-order valence-electron chi connectivity index (χ4n) is 1.94. The van der Waals surface area contributed by atoms with E-state index in [-0.39, 0.29) is 17.0 Å². The van der Waals surface area contributed by atoms with Crippen LogP contribution in [-0.2, 0) is 16.4 Å². The van der Waals surface area contributed by atoms with Gasteiger partial charge in [0.15, 0.2) is 0 Å². The van der Waals surface area contributed by atoms with E-state index in [0.29, 0.717) is 12.0 Å².